The van der Waals surface area contributed by atoms with Gasteiger partial charge in [0.1, 0.15) is 0 Å². The van der Waals surface area contributed by atoms with Gasteiger partial charge in [-0.05, 0) is 25.8 Å². The molecule has 25 heavy (non-hydrogen) atoms. The molecular weight excluding hydrogens is 320 g/mol. The van der Waals surface area contributed by atoms with Gasteiger partial charge in [-0.15, -0.1) is 0 Å². The number of aromatic nitrogens is 4. The highest BCUT2D eigenvalue weighted by Gasteiger charge is 2.27. The van der Waals surface area contributed by atoms with Gasteiger partial charge in [-0.3, -0.25) is 9.59 Å². The number of aromatic amines is 1. The Morgan fingerprint density at radius 3 is 2.44 bits per heavy atom. The van der Waals surface area contributed by atoms with Crippen LogP contribution in [0.2, 0.25) is 0 Å². The van der Waals surface area contributed by atoms with E-state index in [4.69, 9.17) is 5.73 Å². The van der Waals surface area contributed by atoms with Crippen molar-refractivity contribution >= 4 is 5.91 Å². The maximum atomic E-state index is 12.4. The van der Waals surface area contributed by atoms with Gasteiger partial charge in [-0.1, -0.05) is 13.8 Å². The van der Waals surface area contributed by atoms with E-state index >= 15 is 0 Å². The summed E-state index contributed by atoms with van der Waals surface area (Å²) in [5.74, 6) is 0.372. The third-order valence-electron chi connectivity index (χ3n) is 4.49. The minimum atomic E-state index is -0.441. The summed E-state index contributed by atoms with van der Waals surface area (Å²) < 4.78 is 0. The maximum absolute atomic E-state index is 12.4. The third kappa shape index (κ3) is 4.27. The fraction of sp³-hybridized carbons (Fsp3) is 0.471. The lowest BCUT2D eigenvalue weighted by Gasteiger charge is -2.31. The summed E-state index contributed by atoms with van der Waals surface area (Å²) in [6.07, 6.45) is 4.54. The molecule has 2 heterocycles. The molecule has 0 aliphatic heterocycles. The number of hydrogen-bond acceptors (Lipinski definition) is 6. The Kier molecular flexibility index (Phi) is 5.97. The summed E-state index contributed by atoms with van der Waals surface area (Å²) in [5.41, 5.74) is 5.81. The molecule has 2 rings (SSSR count). The van der Waals surface area contributed by atoms with Crippen LogP contribution in [0.1, 0.15) is 37.9 Å². The van der Waals surface area contributed by atoms with Crippen molar-refractivity contribution in [3.05, 3.63) is 40.1 Å². The average molecular weight is 344 g/mol. The minimum Gasteiger partial charge on any atom is -0.349 e. The summed E-state index contributed by atoms with van der Waals surface area (Å²) in [7, 11) is 0. The number of carbonyl (C=O) groups excluding carboxylic acids is 1. The standard InChI is InChI=1S/C17H24N6O2/c1-4-17(5-2,10-18)23-13(24)9-12-11(3)21-15(22-16(12)25)14-19-7-6-8-20-14/h6-8H,4-5,9-10,18H2,1-3H3,(H,23,24)(H,21,22,25). The molecular formula is C17H24N6O2. The van der Waals surface area contributed by atoms with E-state index < -0.39 is 5.54 Å². The lowest BCUT2D eigenvalue weighted by molar-refractivity contribution is -0.122. The molecule has 0 aliphatic rings. The van der Waals surface area contributed by atoms with Crippen LogP contribution in [0.4, 0.5) is 0 Å². The number of H-pyrrole nitrogens is 1. The van der Waals surface area contributed by atoms with Gasteiger partial charge in [-0.25, -0.2) is 15.0 Å². The van der Waals surface area contributed by atoms with Gasteiger partial charge in [0.05, 0.1) is 12.0 Å². The van der Waals surface area contributed by atoms with E-state index in [0.29, 0.717) is 23.6 Å². The van der Waals surface area contributed by atoms with E-state index in [-0.39, 0.29) is 23.7 Å². The highest BCUT2D eigenvalue weighted by molar-refractivity contribution is 5.79. The van der Waals surface area contributed by atoms with Crippen molar-refractivity contribution < 1.29 is 4.79 Å². The van der Waals surface area contributed by atoms with Crippen LogP contribution in [-0.2, 0) is 11.2 Å². The smallest absolute Gasteiger partial charge is 0.255 e. The Hall–Kier alpha value is -2.61. The normalized spacial score (nSPS) is 11.4. The first kappa shape index (κ1) is 18.7. The Morgan fingerprint density at radius 1 is 1.28 bits per heavy atom. The lowest BCUT2D eigenvalue weighted by atomic mass is 9.92. The molecule has 8 heteroatoms. The summed E-state index contributed by atoms with van der Waals surface area (Å²) in [6, 6.07) is 1.68. The van der Waals surface area contributed by atoms with Crippen LogP contribution >= 0.6 is 0 Å². The zero-order valence-corrected chi connectivity index (χ0v) is 14.8. The van der Waals surface area contributed by atoms with Crippen molar-refractivity contribution in [3.63, 3.8) is 0 Å². The van der Waals surface area contributed by atoms with Crippen LogP contribution in [-0.4, -0.2) is 37.9 Å². The number of aryl methyl sites for hydroxylation is 1. The van der Waals surface area contributed by atoms with Crippen molar-refractivity contribution in [1.29, 1.82) is 0 Å². The zero-order chi connectivity index (χ0) is 18.4. The number of rotatable bonds is 7. The van der Waals surface area contributed by atoms with Gasteiger partial charge in [-0.2, -0.15) is 0 Å². The summed E-state index contributed by atoms with van der Waals surface area (Å²) in [6.45, 7) is 6.00. The van der Waals surface area contributed by atoms with Gasteiger partial charge >= 0.3 is 0 Å². The molecule has 4 N–H and O–H groups in total. The zero-order valence-electron chi connectivity index (χ0n) is 14.8. The van der Waals surface area contributed by atoms with Crippen molar-refractivity contribution in [2.75, 3.05) is 6.54 Å². The number of nitrogens with two attached hydrogens (primary N) is 1. The molecule has 0 bridgehead atoms. The molecule has 0 saturated heterocycles. The molecule has 0 aromatic carbocycles. The van der Waals surface area contributed by atoms with Crippen LogP contribution in [0.25, 0.3) is 11.6 Å². The molecule has 2 aromatic heterocycles. The molecule has 0 spiro atoms. The first-order chi connectivity index (χ1) is 11.9. The maximum Gasteiger partial charge on any atom is 0.255 e. The monoisotopic (exact) mass is 344 g/mol. The van der Waals surface area contributed by atoms with E-state index in [1.165, 1.54) is 0 Å². The molecule has 2 aromatic rings. The van der Waals surface area contributed by atoms with E-state index in [9.17, 15) is 9.59 Å². The van der Waals surface area contributed by atoms with Gasteiger partial charge in [0.25, 0.3) is 5.56 Å². The molecule has 0 aliphatic carbocycles. The van der Waals surface area contributed by atoms with Gasteiger partial charge in [0, 0.05) is 30.2 Å². The minimum absolute atomic E-state index is 0.0498. The molecule has 0 saturated carbocycles. The topological polar surface area (TPSA) is 127 Å². The van der Waals surface area contributed by atoms with Gasteiger partial charge in [0.2, 0.25) is 5.91 Å². The summed E-state index contributed by atoms with van der Waals surface area (Å²) >= 11 is 0. The second kappa shape index (κ2) is 7.98. The Balaban J connectivity index is 2.23. The SMILES string of the molecule is CCC(CC)(CN)NC(=O)Cc1c(C)nc(-c2ncccn2)[nH]c1=O. The lowest BCUT2D eigenvalue weighted by Crippen LogP contribution is -2.53. The van der Waals surface area contributed by atoms with E-state index in [1.807, 2.05) is 13.8 Å². The van der Waals surface area contributed by atoms with E-state index in [2.05, 4.69) is 25.3 Å². The fourth-order valence-electron chi connectivity index (χ4n) is 2.61. The van der Waals surface area contributed by atoms with Crippen LogP contribution < -0.4 is 16.6 Å². The second-order valence-electron chi connectivity index (χ2n) is 5.97. The molecule has 0 atom stereocenters. The Bertz CT molecular complexity index is 775. The third-order valence-corrected chi connectivity index (χ3v) is 4.49. The Labute approximate surface area is 146 Å². The van der Waals surface area contributed by atoms with Crippen molar-refractivity contribution in [1.82, 2.24) is 25.3 Å². The highest BCUT2D eigenvalue weighted by atomic mass is 16.2. The van der Waals surface area contributed by atoms with Crippen molar-refractivity contribution in [2.24, 2.45) is 5.73 Å². The quantitative estimate of drug-likeness (QED) is 0.679. The fourth-order valence-corrected chi connectivity index (χ4v) is 2.61. The van der Waals surface area contributed by atoms with Crippen LogP contribution in [0.5, 0.6) is 0 Å². The molecule has 0 fully saturated rings. The second-order valence-corrected chi connectivity index (χ2v) is 5.97. The molecule has 0 unspecified atom stereocenters. The Morgan fingerprint density at radius 2 is 1.92 bits per heavy atom. The van der Waals surface area contributed by atoms with Crippen LogP contribution in [0, 0.1) is 6.92 Å². The largest absolute Gasteiger partial charge is 0.349 e. The average Bonchev–Trinajstić information content (AvgIpc) is 2.63. The highest BCUT2D eigenvalue weighted by Crippen LogP contribution is 2.14. The predicted octanol–water partition coefficient (Wildman–Crippen LogP) is 0.712. The predicted molar refractivity (Wildman–Crippen MR) is 94.8 cm³/mol. The van der Waals surface area contributed by atoms with E-state index in [0.717, 1.165) is 12.8 Å². The first-order valence-corrected chi connectivity index (χ1v) is 8.33. The number of carbonyl (C=O) groups is 1. The van der Waals surface area contributed by atoms with Crippen LogP contribution in [0.15, 0.2) is 23.3 Å². The molecule has 1 amide bonds. The number of amides is 1. The number of nitrogens with zero attached hydrogens (tertiary/aromatic N) is 3. The van der Waals surface area contributed by atoms with Gasteiger partial charge < -0.3 is 16.0 Å². The molecule has 0 radical (unpaired) electrons. The van der Waals surface area contributed by atoms with Crippen molar-refractivity contribution in [3.8, 4) is 11.6 Å². The number of hydrogen-bond donors (Lipinski definition) is 3. The van der Waals surface area contributed by atoms with E-state index in [1.54, 1.807) is 25.4 Å². The number of nitrogens with one attached hydrogen (secondary N) is 2. The summed E-state index contributed by atoms with van der Waals surface area (Å²) in [4.78, 5) is 39.9. The molecule has 134 valence electrons. The van der Waals surface area contributed by atoms with Gasteiger partial charge in [0.15, 0.2) is 11.6 Å². The summed E-state index contributed by atoms with van der Waals surface area (Å²) in [5, 5.41) is 2.96. The van der Waals surface area contributed by atoms with Crippen molar-refractivity contribution in [2.45, 2.75) is 45.6 Å². The molecule has 8 nitrogen and oxygen atoms in total. The van der Waals surface area contributed by atoms with Crippen LogP contribution in [0.3, 0.4) is 0 Å². The first-order valence-electron chi connectivity index (χ1n) is 8.33.